The van der Waals surface area contributed by atoms with Crippen molar-refractivity contribution in [2.24, 2.45) is 5.92 Å². The Kier molecular flexibility index (Phi) is 6.45. The van der Waals surface area contributed by atoms with Crippen LogP contribution in [0.5, 0.6) is 0 Å². The van der Waals surface area contributed by atoms with Gasteiger partial charge < -0.3 is 0 Å². The molecular formula is C12H20. The smallest absolute Gasteiger partial charge is 0.0172 e. The van der Waals surface area contributed by atoms with E-state index in [1.54, 1.807) is 0 Å². The van der Waals surface area contributed by atoms with E-state index in [0.29, 0.717) is 5.92 Å². The van der Waals surface area contributed by atoms with Crippen molar-refractivity contribution < 1.29 is 0 Å². The summed E-state index contributed by atoms with van der Waals surface area (Å²) in [6.07, 6.45) is 10.8. The molecule has 0 bridgehead atoms. The second-order valence-corrected chi connectivity index (χ2v) is 3.45. The molecule has 1 atom stereocenters. The minimum Gasteiger partial charge on any atom is -0.103 e. The molecule has 0 saturated heterocycles. The van der Waals surface area contributed by atoms with Gasteiger partial charge in [0.05, 0.1) is 0 Å². The summed E-state index contributed by atoms with van der Waals surface area (Å²) in [4.78, 5) is 0. The lowest BCUT2D eigenvalue weighted by Crippen LogP contribution is -1.86. The fourth-order valence-electron chi connectivity index (χ4n) is 0.907. The average Bonchev–Trinajstić information content (AvgIpc) is 2.01. The fourth-order valence-corrected chi connectivity index (χ4v) is 0.907. The maximum absolute atomic E-state index is 3.67. The molecule has 0 heteroatoms. The molecule has 0 aliphatic heterocycles. The van der Waals surface area contributed by atoms with E-state index < -0.39 is 0 Å². The van der Waals surface area contributed by atoms with Crippen LogP contribution in [0, 0.1) is 5.92 Å². The molecule has 0 radical (unpaired) electrons. The van der Waals surface area contributed by atoms with Crippen LogP contribution in [0.15, 0.2) is 36.5 Å². The summed E-state index contributed by atoms with van der Waals surface area (Å²) in [6, 6.07) is 0. The van der Waals surface area contributed by atoms with Gasteiger partial charge >= 0.3 is 0 Å². The molecule has 0 aromatic heterocycles. The van der Waals surface area contributed by atoms with E-state index in [2.05, 4.69) is 45.6 Å². The van der Waals surface area contributed by atoms with Crippen molar-refractivity contribution in [2.45, 2.75) is 33.6 Å². The molecule has 0 heterocycles. The molecule has 0 rings (SSSR count). The van der Waals surface area contributed by atoms with Crippen LogP contribution in [0.25, 0.3) is 0 Å². The summed E-state index contributed by atoms with van der Waals surface area (Å²) >= 11 is 0. The van der Waals surface area contributed by atoms with Gasteiger partial charge in [-0.2, -0.15) is 0 Å². The Morgan fingerprint density at radius 3 is 2.58 bits per heavy atom. The topological polar surface area (TPSA) is 0 Å². The van der Waals surface area contributed by atoms with Gasteiger partial charge in [0.15, 0.2) is 0 Å². The lowest BCUT2D eigenvalue weighted by molar-refractivity contribution is 0.738. The summed E-state index contributed by atoms with van der Waals surface area (Å²) in [5.41, 5.74) is 1.40. The van der Waals surface area contributed by atoms with E-state index in [9.17, 15) is 0 Å². The molecule has 12 heavy (non-hydrogen) atoms. The second kappa shape index (κ2) is 6.90. The van der Waals surface area contributed by atoms with E-state index >= 15 is 0 Å². The largest absolute Gasteiger partial charge is 0.103 e. The highest BCUT2D eigenvalue weighted by atomic mass is 14.0. The Bertz CT molecular complexity index is 168. The van der Waals surface area contributed by atoms with Crippen LogP contribution >= 0.6 is 0 Å². The standard InChI is InChI=1S/C12H20/c1-5-6-7-8-12(4)10-9-11(2)3/h5,7-9,12H,1,6,10H2,2-4H3/b8-7+. The molecule has 0 fully saturated rings. The molecule has 1 unspecified atom stereocenters. The Morgan fingerprint density at radius 1 is 1.42 bits per heavy atom. The van der Waals surface area contributed by atoms with E-state index in [1.165, 1.54) is 5.57 Å². The number of rotatable bonds is 5. The molecule has 0 spiro atoms. The van der Waals surface area contributed by atoms with Gasteiger partial charge in [0.2, 0.25) is 0 Å². The van der Waals surface area contributed by atoms with Gasteiger partial charge in [-0.25, -0.2) is 0 Å². The predicted octanol–water partition coefficient (Wildman–Crippen LogP) is 4.11. The molecule has 0 saturated carbocycles. The quantitative estimate of drug-likeness (QED) is 0.536. The zero-order valence-electron chi connectivity index (χ0n) is 8.51. The van der Waals surface area contributed by atoms with Crippen molar-refractivity contribution in [3.8, 4) is 0 Å². The molecule has 0 aliphatic carbocycles. The van der Waals surface area contributed by atoms with Crippen LogP contribution in [0.4, 0.5) is 0 Å². The summed E-state index contributed by atoms with van der Waals surface area (Å²) in [5.74, 6) is 0.653. The van der Waals surface area contributed by atoms with Crippen molar-refractivity contribution in [1.82, 2.24) is 0 Å². The van der Waals surface area contributed by atoms with Crippen molar-refractivity contribution in [3.63, 3.8) is 0 Å². The van der Waals surface area contributed by atoms with E-state index in [4.69, 9.17) is 0 Å². The maximum Gasteiger partial charge on any atom is -0.0172 e. The van der Waals surface area contributed by atoms with E-state index in [-0.39, 0.29) is 0 Å². The Labute approximate surface area is 76.7 Å². The highest BCUT2D eigenvalue weighted by molar-refractivity contribution is 4.98. The summed E-state index contributed by atoms with van der Waals surface area (Å²) in [6.45, 7) is 10.2. The van der Waals surface area contributed by atoms with Gasteiger partial charge in [-0.05, 0) is 32.6 Å². The summed E-state index contributed by atoms with van der Waals surface area (Å²) in [5, 5.41) is 0. The zero-order chi connectivity index (χ0) is 9.40. The third kappa shape index (κ3) is 7.33. The highest BCUT2D eigenvalue weighted by Crippen LogP contribution is 2.07. The molecule has 0 nitrogen and oxygen atoms in total. The Balaban J connectivity index is 3.65. The lowest BCUT2D eigenvalue weighted by atomic mass is 10.1. The van der Waals surface area contributed by atoms with Crippen LogP contribution in [-0.4, -0.2) is 0 Å². The van der Waals surface area contributed by atoms with Crippen LogP contribution in [0.3, 0.4) is 0 Å². The van der Waals surface area contributed by atoms with Crippen molar-refractivity contribution in [1.29, 1.82) is 0 Å². The maximum atomic E-state index is 3.67. The first-order valence-corrected chi connectivity index (χ1v) is 4.57. The lowest BCUT2D eigenvalue weighted by Gasteiger charge is -2.00. The van der Waals surface area contributed by atoms with Crippen LogP contribution < -0.4 is 0 Å². The van der Waals surface area contributed by atoms with Crippen LogP contribution in [0.1, 0.15) is 33.6 Å². The van der Waals surface area contributed by atoms with Crippen molar-refractivity contribution >= 4 is 0 Å². The SMILES string of the molecule is C=CC/C=C/C(C)CC=C(C)C. The van der Waals surface area contributed by atoms with Crippen LogP contribution in [0.2, 0.25) is 0 Å². The molecule has 0 N–H and O–H groups in total. The van der Waals surface area contributed by atoms with Gasteiger partial charge in [0.1, 0.15) is 0 Å². The Morgan fingerprint density at radius 2 is 2.08 bits per heavy atom. The van der Waals surface area contributed by atoms with E-state index in [0.717, 1.165) is 12.8 Å². The number of hydrogen-bond donors (Lipinski definition) is 0. The van der Waals surface area contributed by atoms with Gasteiger partial charge in [0.25, 0.3) is 0 Å². The average molecular weight is 164 g/mol. The molecule has 0 aliphatic rings. The summed E-state index contributed by atoms with van der Waals surface area (Å²) in [7, 11) is 0. The van der Waals surface area contributed by atoms with Gasteiger partial charge in [-0.3, -0.25) is 0 Å². The molecule has 0 aromatic carbocycles. The zero-order valence-corrected chi connectivity index (χ0v) is 8.51. The molecule has 0 aromatic rings. The molecule has 68 valence electrons. The summed E-state index contributed by atoms with van der Waals surface area (Å²) < 4.78 is 0. The second-order valence-electron chi connectivity index (χ2n) is 3.45. The predicted molar refractivity (Wildman–Crippen MR) is 57.2 cm³/mol. The fraction of sp³-hybridized carbons (Fsp3) is 0.500. The van der Waals surface area contributed by atoms with Crippen LogP contribution in [-0.2, 0) is 0 Å². The first-order chi connectivity index (χ1) is 5.66. The number of allylic oxidation sites excluding steroid dienone is 5. The molecular weight excluding hydrogens is 144 g/mol. The monoisotopic (exact) mass is 164 g/mol. The normalized spacial score (nSPS) is 12.9. The third-order valence-electron chi connectivity index (χ3n) is 1.67. The third-order valence-corrected chi connectivity index (χ3v) is 1.67. The van der Waals surface area contributed by atoms with Gasteiger partial charge in [0, 0.05) is 0 Å². The van der Waals surface area contributed by atoms with Crippen molar-refractivity contribution in [2.75, 3.05) is 0 Å². The van der Waals surface area contributed by atoms with E-state index in [1.807, 2.05) is 6.08 Å². The first kappa shape index (κ1) is 11.2. The minimum atomic E-state index is 0.653. The van der Waals surface area contributed by atoms with Gasteiger partial charge in [-0.1, -0.05) is 36.8 Å². The van der Waals surface area contributed by atoms with Crippen molar-refractivity contribution in [3.05, 3.63) is 36.5 Å². The highest BCUT2D eigenvalue weighted by Gasteiger charge is 1.91. The number of hydrogen-bond acceptors (Lipinski definition) is 0. The Hall–Kier alpha value is -0.780. The first-order valence-electron chi connectivity index (χ1n) is 4.57. The molecule has 0 amide bonds. The minimum absolute atomic E-state index is 0.653. The van der Waals surface area contributed by atoms with Gasteiger partial charge in [-0.15, -0.1) is 6.58 Å².